The van der Waals surface area contributed by atoms with Gasteiger partial charge in [0, 0.05) is 17.2 Å². The number of aromatic carboxylic acids is 1. The molecule has 0 radical (unpaired) electrons. The van der Waals surface area contributed by atoms with Crippen LogP contribution in [-0.2, 0) is 0 Å². The Morgan fingerprint density at radius 2 is 2.00 bits per heavy atom. The third-order valence-electron chi connectivity index (χ3n) is 3.01. The third-order valence-corrected chi connectivity index (χ3v) is 3.29. The van der Waals surface area contributed by atoms with E-state index in [4.69, 9.17) is 30.7 Å². The largest absolute Gasteiger partial charge is 0.486 e. The van der Waals surface area contributed by atoms with E-state index in [2.05, 4.69) is 5.16 Å². The zero-order chi connectivity index (χ0) is 14.3. The number of carboxylic acids is 1. The van der Waals surface area contributed by atoms with Gasteiger partial charge in [0.1, 0.15) is 18.9 Å². The first kappa shape index (κ1) is 12.8. The summed E-state index contributed by atoms with van der Waals surface area (Å²) in [4.78, 5) is 10.8. The van der Waals surface area contributed by atoms with E-state index >= 15 is 0 Å². The van der Waals surface area contributed by atoms with E-state index in [1.807, 2.05) is 6.92 Å². The summed E-state index contributed by atoms with van der Waals surface area (Å²) in [6.45, 7) is 2.71. The average molecular weight is 296 g/mol. The van der Waals surface area contributed by atoms with Gasteiger partial charge in [0.05, 0.1) is 5.02 Å². The molecule has 0 fully saturated rings. The molecule has 1 aromatic carbocycles. The lowest BCUT2D eigenvalue weighted by Gasteiger charge is -2.22. The minimum Gasteiger partial charge on any atom is -0.486 e. The molecule has 0 unspecified atom stereocenters. The summed E-state index contributed by atoms with van der Waals surface area (Å²) < 4.78 is 15.8. The predicted octanol–water partition coefficient (Wildman–Crippen LogP) is 2.77. The molecule has 2 heterocycles. The predicted molar refractivity (Wildman–Crippen MR) is 69.6 cm³/mol. The van der Waals surface area contributed by atoms with Crippen LogP contribution in [0.3, 0.4) is 0 Å². The van der Waals surface area contributed by atoms with Crippen LogP contribution in [0.5, 0.6) is 11.5 Å². The number of fused-ring (bicyclic) bond motifs is 1. The van der Waals surface area contributed by atoms with Gasteiger partial charge in [-0.05, 0) is 13.0 Å². The second-order valence-electron chi connectivity index (χ2n) is 4.27. The quantitative estimate of drug-likeness (QED) is 0.917. The summed E-state index contributed by atoms with van der Waals surface area (Å²) in [7, 11) is 0. The van der Waals surface area contributed by atoms with Gasteiger partial charge in [0.2, 0.25) is 5.76 Å². The van der Waals surface area contributed by atoms with E-state index in [1.165, 1.54) is 6.07 Å². The number of halogens is 1. The molecule has 104 valence electrons. The molecule has 7 heteroatoms. The minimum absolute atomic E-state index is 0.231. The van der Waals surface area contributed by atoms with E-state index in [9.17, 15) is 4.79 Å². The maximum atomic E-state index is 10.8. The lowest BCUT2D eigenvalue weighted by atomic mass is 10.0. The fourth-order valence-electron chi connectivity index (χ4n) is 2.07. The minimum atomic E-state index is -1.18. The Hall–Kier alpha value is -2.21. The smallest absolute Gasteiger partial charge is 0.374 e. The lowest BCUT2D eigenvalue weighted by molar-refractivity contribution is 0.0652. The Balaban J connectivity index is 2.13. The van der Waals surface area contributed by atoms with Gasteiger partial charge in [-0.25, -0.2) is 4.79 Å². The number of hydrogen-bond acceptors (Lipinski definition) is 5. The van der Waals surface area contributed by atoms with Crippen molar-refractivity contribution in [2.75, 3.05) is 13.2 Å². The summed E-state index contributed by atoms with van der Waals surface area (Å²) in [6.07, 6.45) is 0. The molecule has 0 aliphatic carbocycles. The molecule has 1 aromatic heterocycles. The number of carboxylic acid groups (broad SMARTS) is 1. The summed E-state index contributed by atoms with van der Waals surface area (Å²) in [5, 5.41) is 13.0. The Kier molecular flexibility index (Phi) is 3.02. The zero-order valence-corrected chi connectivity index (χ0v) is 11.2. The number of carbonyl (C=O) groups is 1. The molecule has 1 N–H and O–H groups in total. The molecule has 2 aromatic rings. The Morgan fingerprint density at radius 1 is 1.30 bits per heavy atom. The van der Waals surface area contributed by atoms with Crippen molar-refractivity contribution >= 4 is 17.6 Å². The second-order valence-corrected chi connectivity index (χ2v) is 4.67. The molecule has 0 bridgehead atoms. The summed E-state index contributed by atoms with van der Waals surface area (Å²) in [6, 6.07) is 3.00. The van der Waals surface area contributed by atoms with Crippen molar-refractivity contribution in [1.82, 2.24) is 5.16 Å². The van der Waals surface area contributed by atoms with E-state index < -0.39 is 5.97 Å². The first-order chi connectivity index (χ1) is 9.58. The second kappa shape index (κ2) is 4.72. The van der Waals surface area contributed by atoms with Crippen LogP contribution in [0.2, 0.25) is 5.02 Å². The summed E-state index contributed by atoms with van der Waals surface area (Å²) >= 11 is 6.16. The van der Waals surface area contributed by atoms with E-state index in [1.54, 1.807) is 6.07 Å². The molecular formula is C13H10ClNO5. The topological polar surface area (TPSA) is 81.8 Å². The van der Waals surface area contributed by atoms with E-state index in [0.717, 1.165) is 5.56 Å². The zero-order valence-electron chi connectivity index (χ0n) is 10.5. The molecule has 0 saturated heterocycles. The maximum absolute atomic E-state index is 10.8. The molecule has 0 amide bonds. The van der Waals surface area contributed by atoms with Crippen LogP contribution in [0, 0.1) is 6.92 Å². The average Bonchev–Trinajstić information content (AvgIpc) is 2.93. The number of aromatic nitrogens is 1. The SMILES string of the molecule is Cc1c(-c2cc(C(=O)O)on2)cc(Cl)c2c1OCCO2. The van der Waals surface area contributed by atoms with Crippen molar-refractivity contribution in [2.24, 2.45) is 0 Å². The van der Waals surface area contributed by atoms with Crippen LogP contribution in [0.15, 0.2) is 16.7 Å². The van der Waals surface area contributed by atoms with E-state index in [0.29, 0.717) is 41.0 Å². The molecule has 20 heavy (non-hydrogen) atoms. The standard InChI is InChI=1S/C13H10ClNO5/c1-6-7(9-5-10(13(16)17)20-15-9)4-8(14)12-11(6)18-2-3-19-12/h4-5H,2-3H2,1H3,(H,16,17). The van der Waals surface area contributed by atoms with Crippen LogP contribution in [0.25, 0.3) is 11.3 Å². The highest BCUT2D eigenvalue weighted by molar-refractivity contribution is 6.32. The van der Waals surface area contributed by atoms with Crippen molar-refractivity contribution in [3.63, 3.8) is 0 Å². The monoisotopic (exact) mass is 295 g/mol. The first-order valence-electron chi connectivity index (χ1n) is 5.87. The van der Waals surface area contributed by atoms with Crippen molar-refractivity contribution in [1.29, 1.82) is 0 Å². The van der Waals surface area contributed by atoms with Crippen LogP contribution in [-0.4, -0.2) is 29.4 Å². The number of hydrogen-bond donors (Lipinski definition) is 1. The fraction of sp³-hybridized carbons (Fsp3) is 0.231. The molecule has 3 rings (SSSR count). The molecule has 1 aliphatic rings. The van der Waals surface area contributed by atoms with Crippen LogP contribution in [0.1, 0.15) is 16.1 Å². The normalized spacial score (nSPS) is 13.3. The Morgan fingerprint density at radius 3 is 2.65 bits per heavy atom. The number of nitrogens with zero attached hydrogens (tertiary/aromatic N) is 1. The first-order valence-corrected chi connectivity index (χ1v) is 6.25. The lowest BCUT2D eigenvalue weighted by Crippen LogP contribution is -2.16. The summed E-state index contributed by atoms with van der Waals surface area (Å²) in [5.41, 5.74) is 1.81. The van der Waals surface area contributed by atoms with Crippen LogP contribution >= 0.6 is 11.6 Å². The van der Waals surface area contributed by atoms with Crippen molar-refractivity contribution in [3.05, 3.63) is 28.5 Å². The van der Waals surface area contributed by atoms with Gasteiger partial charge in [-0.15, -0.1) is 0 Å². The highest BCUT2D eigenvalue weighted by atomic mass is 35.5. The maximum Gasteiger partial charge on any atom is 0.374 e. The van der Waals surface area contributed by atoms with Gasteiger partial charge in [-0.1, -0.05) is 16.8 Å². The van der Waals surface area contributed by atoms with Crippen LogP contribution in [0.4, 0.5) is 0 Å². The molecule has 6 nitrogen and oxygen atoms in total. The van der Waals surface area contributed by atoms with E-state index in [-0.39, 0.29) is 5.76 Å². The van der Waals surface area contributed by atoms with Crippen molar-refractivity contribution in [2.45, 2.75) is 6.92 Å². The van der Waals surface area contributed by atoms with Gasteiger partial charge in [0.15, 0.2) is 11.5 Å². The molecule has 0 spiro atoms. The van der Waals surface area contributed by atoms with Gasteiger partial charge in [0.25, 0.3) is 0 Å². The molecule has 0 saturated carbocycles. The van der Waals surface area contributed by atoms with Crippen LogP contribution < -0.4 is 9.47 Å². The fourth-order valence-corrected chi connectivity index (χ4v) is 2.32. The summed E-state index contributed by atoms with van der Waals surface area (Å²) in [5.74, 6) is -0.352. The van der Waals surface area contributed by atoms with Gasteiger partial charge in [-0.3, -0.25) is 0 Å². The Bertz CT molecular complexity index is 694. The van der Waals surface area contributed by atoms with Crippen molar-refractivity contribution in [3.8, 4) is 22.8 Å². The molecule has 1 aliphatic heterocycles. The van der Waals surface area contributed by atoms with Crippen molar-refractivity contribution < 1.29 is 23.9 Å². The number of benzene rings is 1. The van der Waals surface area contributed by atoms with Gasteiger partial charge < -0.3 is 19.1 Å². The van der Waals surface area contributed by atoms with Gasteiger partial charge >= 0.3 is 5.97 Å². The third kappa shape index (κ3) is 1.98. The highest BCUT2D eigenvalue weighted by Gasteiger charge is 2.23. The Labute approximate surface area is 118 Å². The number of rotatable bonds is 2. The highest BCUT2D eigenvalue weighted by Crippen LogP contribution is 2.44. The van der Waals surface area contributed by atoms with Gasteiger partial charge in [-0.2, -0.15) is 0 Å². The number of ether oxygens (including phenoxy) is 2. The molecule has 0 atom stereocenters. The molecular weight excluding hydrogens is 286 g/mol.